The zero-order valence-electron chi connectivity index (χ0n) is 15.7. The summed E-state index contributed by atoms with van der Waals surface area (Å²) < 4.78 is 32.1. The molecule has 0 spiro atoms. The van der Waals surface area contributed by atoms with E-state index in [1.165, 1.54) is 18.4 Å². The van der Waals surface area contributed by atoms with Gasteiger partial charge in [-0.3, -0.25) is 9.52 Å². The fourth-order valence-corrected chi connectivity index (χ4v) is 3.57. The SMILES string of the molecule is CCCNN(C(C)=O)c1ccc(OC2CCCCC2)c(NS(C)(=O)=O)c1. The second-order valence-corrected chi connectivity index (χ2v) is 8.44. The number of hydrazine groups is 1. The van der Waals surface area contributed by atoms with E-state index in [0.717, 1.165) is 38.4 Å². The Labute approximate surface area is 156 Å². The highest BCUT2D eigenvalue weighted by atomic mass is 32.2. The summed E-state index contributed by atoms with van der Waals surface area (Å²) in [5.74, 6) is 0.315. The van der Waals surface area contributed by atoms with Crippen molar-refractivity contribution in [2.45, 2.75) is 58.5 Å². The first kappa shape index (κ1) is 20.5. The smallest absolute Gasteiger partial charge is 0.238 e. The topological polar surface area (TPSA) is 87.7 Å². The van der Waals surface area contributed by atoms with Crippen molar-refractivity contribution in [1.29, 1.82) is 0 Å². The van der Waals surface area contributed by atoms with Crippen molar-refractivity contribution < 1.29 is 17.9 Å². The summed E-state index contributed by atoms with van der Waals surface area (Å²) >= 11 is 0. The van der Waals surface area contributed by atoms with Crippen molar-refractivity contribution in [3.8, 4) is 5.75 Å². The van der Waals surface area contributed by atoms with Gasteiger partial charge >= 0.3 is 0 Å². The fourth-order valence-electron chi connectivity index (χ4n) is 3.01. The lowest BCUT2D eigenvalue weighted by atomic mass is 9.98. The summed E-state index contributed by atoms with van der Waals surface area (Å²) in [5, 5.41) is 1.42. The molecule has 2 rings (SSSR count). The lowest BCUT2D eigenvalue weighted by molar-refractivity contribution is -0.117. The Hall–Kier alpha value is -1.80. The molecule has 1 fully saturated rings. The fraction of sp³-hybridized carbons (Fsp3) is 0.611. The van der Waals surface area contributed by atoms with Crippen molar-refractivity contribution in [3.05, 3.63) is 18.2 Å². The van der Waals surface area contributed by atoms with E-state index >= 15 is 0 Å². The summed E-state index contributed by atoms with van der Waals surface area (Å²) in [5.41, 5.74) is 3.95. The first-order valence-corrected chi connectivity index (χ1v) is 11.0. The van der Waals surface area contributed by atoms with Crippen LogP contribution in [0.3, 0.4) is 0 Å². The van der Waals surface area contributed by atoms with Crippen LogP contribution in [-0.4, -0.2) is 33.2 Å². The first-order chi connectivity index (χ1) is 12.3. The van der Waals surface area contributed by atoms with Crippen LogP contribution in [0.25, 0.3) is 0 Å². The molecule has 2 N–H and O–H groups in total. The van der Waals surface area contributed by atoms with Crippen LogP contribution in [0.5, 0.6) is 5.75 Å². The van der Waals surface area contributed by atoms with Crippen molar-refractivity contribution >= 4 is 27.3 Å². The van der Waals surface area contributed by atoms with Crippen LogP contribution in [0.2, 0.25) is 0 Å². The molecule has 1 aliphatic carbocycles. The van der Waals surface area contributed by atoms with Gasteiger partial charge in [-0.15, -0.1) is 0 Å². The molecule has 1 aromatic rings. The molecule has 7 nitrogen and oxygen atoms in total. The summed E-state index contributed by atoms with van der Waals surface area (Å²) in [6, 6.07) is 5.11. The maximum absolute atomic E-state index is 11.9. The van der Waals surface area contributed by atoms with Crippen LogP contribution in [0.1, 0.15) is 52.4 Å². The number of sulfonamides is 1. The second-order valence-electron chi connectivity index (χ2n) is 6.70. The average molecular weight is 384 g/mol. The Kier molecular flexibility index (Phi) is 7.28. The van der Waals surface area contributed by atoms with Crippen LogP contribution in [0.4, 0.5) is 11.4 Å². The number of amides is 1. The molecule has 1 saturated carbocycles. The number of anilines is 2. The van der Waals surface area contributed by atoms with Crippen molar-refractivity contribution in [3.63, 3.8) is 0 Å². The quantitative estimate of drug-likeness (QED) is 0.674. The highest BCUT2D eigenvalue weighted by molar-refractivity contribution is 7.92. The summed E-state index contributed by atoms with van der Waals surface area (Å²) in [4.78, 5) is 11.9. The number of benzene rings is 1. The van der Waals surface area contributed by atoms with Crippen molar-refractivity contribution in [1.82, 2.24) is 5.43 Å². The van der Waals surface area contributed by atoms with Gasteiger partial charge in [0.1, 0.15) is 5.75 Å². The third kappa shape index (κ3) is 6.17. The van der Waals surface area contributed by atoms with Crippen LogP contribution >= 0.6 is 0 Å². The van der Waals surface area contributed by atoms with Gasteiger partial charge < -0.3 is 4.74 Å². The van der Waals surface area contributed by atoms with Gasteiger partial charge in [0.15, 0.2) is 0 Å². The zero-order chi connectivity index (χ0) is 19.2. The molecule has 0 heterocycles. The van der Waals surface area contributed by atoms with Gasteiger partial charge in [-0.1, -0.05) is 13.3 Å². The van der Waals surface area contributed by atoms with Crippen LogP contribution in [0, 0.1) is 0 Å². The lowest BCUT2D eigenvalue weighted by Gasteiger charge is -2.26. The van der Waals surface area contributed by atoms with E-state index in [9.17, 15) is 13.2 Å². The van der Waals surface area contributed by atoms with Crippen molar-refractivity contribution in [2.75, 3.05) is 22.5 Å². The number of carbonyl (C=O) groups is 1. The predicted molar refractivity (Wildman–Crippen MR) is 104 cm³/mol. The zero-order valence-corrected chi connectivity index (χ0v) is 16.6. The number of rotatable bonds is 8. The lowest BCUT2D eigenvalue weighted by Crippen LogP contribution is -2.42. The molecule has 0 radical (unpaired) electrons. The van der Waals surface area contributed by atoms with E-state index in [1.807, 2.05) is 6.92 Å². The standard InChI is InChI=1S/C18H29N3O4S/c1-4-12-19-21(14(2)22)15-10-11-18(17(13-15)20-26(3,23)24)25-16-8-6-5-7-9-16/h10-11,13,16,19-20H,4-9,12H2,1-3H3. The van der Waals surface area contributed by atoms with Crippen molar-refractivity contribution in [2.24, 2.45) is 0 Å². The maximum Gasteiger partial charge on any atom is 0.238 e. The molecule has 0 aliphatic heterocycles. The largest absolute Gasteiger partial charge is 0.488 e. The summed E-state index contributed by atoms with van der Waals surface area (Å²) in [6.45, 7) is 4.09. The Morgan fingerprint density at radius 1 is 1.27 bits per heavy atom. The molecule has 0 unspecified atom stereocenters. The number of hydrogen-bond donors (Lipinski definition) is 2. The Morgan fingerprint density at radius 3 is 2.54 bits per heavy atom. The molecule has 26 heavy (non-hydrogen) atoms. The minimum absolute atomic E-state index is 0.0943. The molecular weight excluding hydrogens is 354 g/mol. The third-order valence-corrected chi connectivity index (χ3v) is 4.79. The molecule has 146 valence electrons. The molecule has 1 aliphatic rings. The van der Waals surface area contributed by atoms with Gasteiger partial charge in [0.25, 0.3) is 0 Å². The first-order valence-electron chi connectivity index (χ1n) is 9.13. The number of nitrogens with zero attached hydrogens (tertiary/aromatic N) is 1. The Balaban J connectivity index is 2.31. The van der Waals surface area contributed by atoms with Crippen LogP contribution in [-0.2, 0) is 14.8 Å². The van der Waals surface area contributed by atoms with E-state index in [2.05, 4.69) is 10.1 Å². The molecule has 1 amide bonds. The monoisotopic (exact) mass is 383 g/mol. The van der Waals surface area contributed by atoms with Gasteiger partial charge in [-0.05, 0) is 50.3 Å². The molecule has 0 bridgehead atoms. The molecule has 0 aromatic heterocycles. The maximum atomic E-state index is 11.9. The van der Waals surface area contributed by atoms with E-state index in [1.54, 1.807) is 18.2 Å². The highest BCUT2D eigenvalue weighted by Gasteiger charge is 2.20. The summed E-state index contributed by atoms with van der Waals surface area (Å²) in [7, 11) is -3.47. The van der Waals surface area contributed by atoms with Crippen LogP contribution < -0.4 is 19.9 Å². The summed E-state index contributed by atoms with van der Waals surface area (Å²) in [6.07, 6.45) is 7.45. The van der Waals surface area contributed by atoms with Gasteiger partial charge in [0, 0.05) is 13.5 Å². The number of ether oxygens (including phenoxy) is 1. The van der Waals surface area contributed by atoms with E-state index in [4.69, 9.17) is 4.74 Å². The molecular formula is C18H29N3O4S. The normalized spacial score (nSPS) is 15.5. The van der Waals surface area contributed by atoms with Gasteiger partial charge in [-0.25, -0.2) is 18.9 Å². The molecule has 8 heteroatoms. The van der Waals surface area contributed by atoms with E-state index in [0.29, 0.717) is 23.7 Å². The minimum atomic E-state index is -3.47. The Morgan fingerprint density at radius 2 is 1.96 bits per heavy atom. The number of hydrogen-bond acceptors (Lipinski definition) is 5. The molecule has 0 atom stereocenters. The second kappa shape index (κ2) is 9.23. The van der Waals surface area contributed by atoms with E-state index in [-0.39, 0.29) is 12.0 Å². The minimum Gasteiger partial charge on any atom is -0.488 e. The average Bonchev–Trinajstić information content (AvgIpc) is 2.56. The van der Waals surface area contributed by atoms with Crippen LogP contribution in [0.15, 0.2) is 18.2 Å². The Bertz CT molecular complexity index is 715. The van der Waals surface area contributed by atoms with Gasteiger partial charge in [-0.2, -0.15) is 0 Å². The predicted octanol–water partition coefficient (Wildman–Crippen LogP) is 3.04. The van der Waals surface area contributed by atoms with E-state index < -0.39 is 10.0 Å². The van der Waals surface area contributed by atoms with Gasteiger partial charge in [0.05, 0.1) is 23.7 Å². The molecule has 0 saturated heterocycles. The highest BCUT2D eigenvalue weighted by Crippen LogP contribution is 2.33. The molecule has 1 aromatic carbocycles. The van der Waals surface area contributed by atoms with Gasteiger partial charge in [0.2, 0.25) is 15.9 Å². The third-order valence-electron chi connectivity index (χ3n) is 4.20. The number of nitrogens with one attached hydrogen (secondary N) is 2. The number of carbonyl (C=O) groups excluding carboxylic acids is 1.